The summed E-state index contributed by atoms with van der Waals surface area (Å²) in [6.07, 6.45) is 1.55. The third-order valence-electron chi connectivity index (χ3n) is 3.37. The molecule has 0 aliphatic carbocycles. The van der Waals surface area contributed by atoms with Crippen LogP contribution in [0.1, 0.15) is 5.56 Å². The van der Waals surface area contributed by atoms with Gasteiger partial charge in [-0.1, -0.05) is 64.8 Å². The maximum absolute atomic E-state index is 12.6. The summed E-state index contributed by atoms with van der Waals surface area (Å²) in [5, 5.41) is 1.93. The molecule has 11 heteroatoms. The topological polar surface area (TPSA) is 66.5 Å². The number of thioether (sulfide) groups is 1. The van der Waals surface area contributed by atoms with Crippen molar-refractivity contribution in [2.45, 2.75) is 4.90 Å². The van der Waals surface area contributed by atoms with E-state index < -0.39 is 15.9 Å². The highest BCUT2D eigenvalue weighted by Crippen LogP contribution is 2.33. The molecule has 1 N–H and O–H groups in total. The van der Waals surface area contributed by atoms with Crippen molar-refractivity contribution in [1.82, 2.24) is 9.84 Å². The van der Waals surface area contributed by atoms with Gasteiger partial charge in [0.1, 0.15) is 0 Å². The zero-order valence-electron chi connectivity index (χ0n) is 13.1. The van der Waals surface area contributed by atoms with Gasteiger partial charge in [0.15, 0.2) is 4.32 Å². The van der Waals surface area contributed by atoms with Crippen LogP contribution in [0.2, 0.25) is 15.1 Å². The molecule has 0 bridgehead atoms. The third kappa shape index (κ3) is 4.65. The van der Waals surface area contributed by atoms with E-state index in [4.69, 9.17) is 47.0 Å². The molecule has 27 heavy (non-hydrogen) atoms. The largest absolute Gasteiger partial charge is 0.281 e. The van der Waals surface area contributed by atoms with Crippen molar-refractivity contribution in [3.63, 3.8) is 0 Å². The molecule has 0 atom stereocenters. The fourth-order valence-electron chi connectivity index (χ4n) is 2.09. The van der Waals surface area contributed by atoms with E-state index in [9.17, 15) is 13.2 Å². The smallest absolute Gasteiger partial charge is 0.267 e. The van der Waals surface area contributed by atoms with Crippen molar-refractivity contribution in [3.8, 4) is 0 Å². The molecule has 1 aliphatic rings. The predicted molar refractivity (Wildman–Crippen MR) is 113 cm³/mol. The molecular formula is C16H9Cl3N2O3S3. The number of carbonyl (C=O) groups is 1. The lowest BCUT2D eigenvalue weighted by molar-refractivity contribution is -0.123. The average Bonchev–Trinajstić information content (AvgIpc) is 2.86. The molecule has 3 rings (SSSR count). The van der Waals surface area contributed by atoms with Crippen molar-refractivity contribution in [3.05, 3.63) is 68.0 Å². The second kappa shape index (κ2) is 8.08. The number of thiocarbonyl (C=S) groups is 1. The standard InChI is InChI=1S/C16H9Cl3N2O3S3/c17-10-2-4-11(5-3-10)27(23,24)20-21-15(22)14(26-16(21)25)8-9-1-6-12(18)13(19)7-9/h1-8,20H/b14-8-. The summed E-state index contributed by atoms with van der Waals surface area (Å²) in [4.78, 5) is 15.0. The molecule has 0 unspecified atom stereocenters. The highest BCUT2D eigenvalue weighted by atomic mass is 35.5. The highest BCUT2D eigenvalue weighted by Gasteiger charge is 2.35. The monoisotopic (exact) mass is 478 g/mol. The van der Waals surface area contributed by atoms with Gasteiger partial charge in [-0.15, -0.1) is 4.83 Å². The van der Waals surface area contributed by atoms with Gasteiger partial charge >= 0.3 is 0 Å². The Hall–Kier alpha value is -1.13. The molecule has 0 radical (unpaired) electrons. The van der Waals surface area contributed by atoms with Crippen LogP contribution in [0.15, 0.2) is 52.3 Å². The van der Waals surface area contributed by atoms with Gasteiger partial charge in [-0.25, -0.2) is 13.4 Å². The highest BCUT2D eigenvalue weighted by molar-refractivity contribution is 8.26. The van der Waals surface area contributed by atoms with E-state index in [0.29, 0.717) is 20.6 Å². The van der Waals surface area contributed by atoms with Gasteiger partial charge in [0, 0.05) is 5.02 Å². The van der Waals surface area contributed by atoms with E-state index in [1.807, 2.05) is 0 Å². The van der Waals surface area contributed by atoms with Gasteiger partial charge in [0.25, 0.3) is 15.9 Å². The van der Waals surface area contributed by atoms with Gasteiger partial charge in [-0.2, -0.15) is 0 Å². The van der Waals surface area contributed by atoms with E-state index in [1.165, 1.54) is 24.3 Å². The van der Waals surface area contributed by atoms with Crippen LogP contribution in [0.3, 0.4) is 0 Å². The Morgan fingerprint density at radius 1 is 1.04 bits per heavy atom. The summed E-state index contributed by atoms with van der Waals surface area (Å²) in [5.41, 5.74) is 0.630. The molecular weight excluding hydrogens is 471 g/mol. The number of carbonyl (C=O) groups excluding carboxylic acids is 1. The molecule has 1 aliphatic heterocycles. The van der Waals surface area contributed by atoms with E-state index >= 15 is 0 Å². The Morgan fingerprint density at radius 3 is 2.33 bits per heavy atom. The van der Waals surface area contributed by atoms with E-state index in [2.05, 4.69) is 4.83 Å². The van der Waals surface area contributed by atoms with E-state index in [0.717, 1.165) is 16.8 Å². The van der Waals surface area contributed by atoms with Crippen molar-refractivity contribution in [1.29, 1.82) is 0 Å². The van der Waals surface area contributed by atoms with E-state index in [1.54, 1.807) is 24.3 Å². The van der Waals surface area contributed by atoms with Crippen molar-refractivity contribution in [2.75, 3.05) is 0 Å². The minimum Gasteiger partial charge on any atom is -0.267 e. The Balaban J connectivity index is 1.84. The van der Waals surface area contributed by atoms with Crippen LogP contribution in [0.4, 0.5) is 0 Å². The maximum atomic E-state index is 12.6. The second-order valence-electron chi connectivity index (χ2n) is 5.24. The van der Waals surface area contributed by atoms with Crippen LogP contribution in [0.25, 0.3) is 6.08 Å². The quantitative estimate of drug-likeness (QED) is 0.507. The number of hydrogen-bond donors (Lipinski definition) is 1. The van der Waals surface area contributed by atoms with Crippen molar-refractivity contribution < 1.29 is 13.2 Å². The fraction of sp³-hybridized carbons (Fsp3) is 0. The average molecular weight is 480 g/mol. The molecule has 2 aromatic rings. The van der Waals surface area contributed by atoms with E-state index in [-0.39, 0.29) is 14.1 Å². The number of sulfonamides is 1. The lowest BCUT2D eigenvalue weighted by Gasteiger charge is -2.15. The number of halogens is 3. The molecule has 5 nitrogen and oxygen atoms in total. The molecule has 0 aromatic heterocycles. The third-order valence-corrected chi connectivity index (χ3v) is 6.98. The number of amides is 1. The first-order chi connectivity index (χ1) is 12.7. The Kier molecular flexibility index (Phi) is 6.17. The second-order valence-corrected chi connectivity index (χ2v) is 9.83. The first-order valence-electron chi connectivity index (χ1n) is 7.18. The number of rotatable bonds is 4. The number of benzene rings is 2. The lowest BCUT2D eigenvalue weighted by Crippen LogP contribution is -2.44. The summed E-state index contributed by atoms with van der Waals surface area (Å²) in [6, 6.07) is 10.4. The van der Waals surface area contributed by atoms with Gasteiger partial charge < -0.3 is 0 Å². The Morgan fingerprint density at radius 2 is 1.70 bits per heavy atom. The zero-order valence-corrected chi connectivity index (χ0v) is 17.9. The van der Waals surface area contributed by atoms with Crippen LogP contribution >= 0.6 is 58.8 Å². The first-order valence-corrected chi connectivity index (χ1v) is 11.0. The molecule has 0 spiro atoms. The van der Waals surface area contributed by atoms with Crippen molar-refractivity contribution >= 4 is 85.1 Å². The van der Waals surface area contributed by atoms with Crippen LogP contribution in [-0.4, -0.2) is 23.7 Å². The number of hydrazine groups is 1. The SMILES string of the molecule is O=C1/C(=C/c2ccc(Cl)c(Cl)c2)SC(=S)N1NS(=O)(=O)c1ccc(Cl)cc1. The normalized spacial score (nSPS) is 16.4. The van der Waals surface area contributed by atoms with Crippen LogP contribution in [-0.2, 0) is 14.8 Å². The number of hydrogen-bond acceptors (Lipinski definition) is 5. The number of nitrogens with zero attached hydrogens (tertiary/aromatic N) is 1. The van der Waals surface area contributed by atoms with Crippen LogP contribution < -0.4 is 4.83 Å². The summed E-state index contributed by atoms with van der Waals surface area (Å²) in [5.74, 6) is -0.589. The summed E-state index contributed by atoms with van der Waals surface area (Å²) in [6.45, 7) is 0. The summed E-state index contributed by atoms with van der Waals surface area (Å²) < 4.78 is 25.0. The molecule has 2 aromatic carbocycles. The Labute approximate surface area is 180 Å². The molecule has 1 saturated heterocycles. The van der Waals surface area contributed by atoms with Gasteiger partial charge in [0.05, 0.1) is 19.8 Å². The molecule has 1 fully saturated rings. The fourth-order valence-corrected chi connectivity index (χ4v) is 4.83. The first kappa shape index (κ1) is 20.6. The van der Waals surface area contributed by atoms with Crippen LogP contribution in [0, 0.1) is 0 Å². The summed E-state index contributed by atoms with van der Waals surface area (Å²) in [7, 11) is -4.01. The van der Waals surface area contributed by atoms with Gasteiger partial charge in [-0.05, 0) is 48.0 Å². The van der Waals surface area contributed by atoms with Gasteiger partial charge in [0.2, 0.25) is 0 Å². The molecule has 1 amide bonds. The predicted octanol–water partition coefficient (Wildman–Crippen LogP) is 4.74. The maximum Gasteiger partial charge on any atom is 0.281 e. The lowest BCUT2D eigenvalue weighted by atomic mass is 10.2. The summed E-state index contributed by atoms with van der Waals surface area (Å²) >= 11 is 23.7. The Bertz CT molecular complexity index is 1070. The van der Waals surface area contributed by atoms with Crippen molar-refractivity contribution in [2.24, 2.45) is 0 Å². The molecule has 0 saturated carbocycles. The van der Waals surface area contributed by atoms with Gasteiger partial charge in [-0.3, -0.25) is 4.79 Å². The minimum atomic E-state index is -4.01. The number of nitrogens with one attached hydrogen (secondary N) is 1. The molecule has 1 heterocycles. The zero-order chi connectivity index (χ0) is 19.8. The minimum absolute atomic E-state index is 0.0468. The van der Waals surface area contributed by atoms with Crippen LogP contribution in [0.5, 0.6) is 0 Å². The molecule has 140 valence electrons.